The van der Waals surface area contributed by atoms with E-state index in [-0.39, 0.29) is 6.10 Å². The molecule has 0 radical (unpaired) electrons. The summed E-state index contributed by atoms with van der Waals surface area (Å²) in [6, 6.07) is 0. The normalized spacial score (nSPS) is 13.9. The van der Waals surface area contributed by atoms with Crippen molar-refractivity contribution in [1.29, 1.82) is 0 Å². The number of alkyl halides is 2. The van der Waals surface area contributed by atoms with Gasteiger partial charge in [0.25, 0.3) is 0 Å². The van der Waals surface area contributed by atoms with Gasteiger partial charge in [0, 0.05) is 0 Å². The Morgan fingerprint density at radius 1 is 1.69 bits per heavy atom. The Balaban J connectivity index is 3.95. The first kappa shape index (κ1) is 12.2. The number of amides is 1. The van der Waals surface area contributed by atoms with Crippen LogP contribution in [0.3, 0.4) is 0 Å². The van der Waals surface area contributed by atoms with Gasteiger partial charge in [-0.25, -0.2) is 5.84 Å². The molecule has 0 aliphatic heterocycles. The smallest absolute Gasteiger partial charge is 0.348 e. The summed E-state index contributed by atoms with van der Waals surface area (Å²) in [7, 11) is 0. The van der Waals surface area contributed by atoms with E-state index in [0.29, 0.717) is 6.42 Å². The molecule has 0 aromatic carbocycles. The molecule has 0 heterocycles. The minimum atomic E-state index is -3.56. The summed E-state index contributed by atoms with van der Waals surface area (Å²) < 4.78 is 30.1. The minimum absolute atomic E-state index is 0.295. The molecule has 13 heavy (non-hydrogen) atoms. The third kappa shape index (κ3) is 4.14. The van der Waals surface area contributed by atoms with Crippen LogP contribution in [0.25, 0.3) is 0 Å². The lowest BCUT2D eigenvalue weighted by molar-refractivity contribution is -0.157. The fourth-order valence-corrected chi connectivity index (χ4v) is 0.536. The van der Waals surface area contributed by atoms with Crippen molar-refractivity contribution in [1.82, 2.24) is 5.43 Å². The number of nitrogens with two attached hydrogens (primary N) is 1. The molecule has 0 aliphatic rings. The molecule has 0 aliphatic carbocycles. The number of hydrogen-bond acceptors (Lipinski definition) is 3. The Bertz CT molecular complexity index is 176. The van der Waals surface area contributed by atoms with Crippen LogP contribution in [0.15, 0.2) is 0 Å². The fraction of sp³-hybridized carbons (Fsp3) is 0.857. The van der Waals surface area contributed by atoms with Gasteiger partial charge in [0.1, 0.15) is 6.61 Å². The monoisotopic (exact) mass is 196 g/mol. The first-order valence-electron chi connectivity index (χ1n) is 3.94. The Hall–Kier alpha value is -0.750. The molecule has 1 unspecified atom stereocenters. The van der Waals surface area contributed by atoms with Crippen LogP contribution in [-0.2, 0) is 9.53 Å². The quantitative estimate of drug-likeness (QED) is 0.380. The summed E-state index contributed by atoms with van der Waals surface area (Å²) in [6.07, 6.45) is 0.316. The van der Waals surface area contributed by atoms with Gasteiger partial charge in [0.2, 0.25) is 0 Å². The Labute approximate surface area is 75.4 Å². The molecule has 3 N–H and O–H groups in total. The standard InChI is InChI=1S/C7H14F2N2O2/c1-3-5(2)13-4-7(8,9)6(12)11-10/h5H,3-4,10H2,1-2H3,(H,11,12). The maximum Gasteiger partial charge on any atom is 0.348 e. The van der Waals surface area contributed by atoms with E-state index in [1.54, 1.807) is 13.8 Å². The number of rotatable bonds is 5. The molecule has 0 bridgehead atoms. The summed E-state index contributed by atoms with van der Waals surface area (Å²) >= 11 is 0. The summed E-state index contributed by atoms with van der Waals surface area (Å²) in [5.74, 6) is -0.527. The predicted molar refractivity (Wildman–Crippen MR) is 43.0 cm³/mol. The van der Waals surface area contributed by atoms with Crippen molar-refractivity contribution in [2.75, 3.05) is 6.61 Å². The van der Waals surface area contributed by atoms with Gasteiger partial charge in [-0.05, 0) is 13.3 Å². The number of carbonyl (C=O) groups excluding carboxylic acids is 1. The van der Waals surface area contributed by atoms with Gasteiger partial charge in [-0.2, -0.15) is 8.78 Å². The third-order valence-electron chi connectivity index (χ3n) is 1.59. The van der Waals surface area contributed by atoms with E-state index in [1.165, 1.54) is 5.43 Å². The lowest BCUT2D eigenvalue weighted by Crippen LogP contribution is -2.46. The van der Waals surface area contributed by atoms with Crippen molar-refractivity contribution in [3.63, 3.8) is 0 Å². The van der Waals surface area contributed by atoms with Crippen LogP contribution < -0.4 is 11.3 Å². The van der Waals surface area contributed by atoms with Gasteiger partial charge in [-0.1, -0.05) is 6.92 Å². The summed E-state index contributed by atoms with van der Waals surface area (Å²) in [5, 5.41) is 0. The molecule has 0 fully saturated rings. The van der Waals surface area contributed by atoms with E-state index in [1.807, 2.05) is 0 Å². The van der Waals surface area contributed by atoms with Gasteiger partial charge in [0.15, 0.2) is 0 Å². The molecule has 0 spiro atoms. The second-order valence-electron chi connectivity index (χ2n) is 2.71. The van der Waals surface area contributed by atoms with E-state index >= 15 is 0 Å². The highest BCUT2D eigenvalue weighted by molar-refractivity contribution is 5.82. The van der Waals surface area contributed by atoms with Crippen LogP contribution in [0.2, 0.25) is 0 Å². The van der Waals surface area contributed by atoms with Crippen molar-refractivity contribution >= 4 is 5.91 Å². The largest absolute Gasteiger partial charge is 0.372 e. The minimum Gasteiger partial charge on any atom is -0.372 e. The maximum atomic E-state index is 12.7. The van der Waals surface area contributed by atoms with E-state index in [0.717, 1.165) is 0 Å². The molecule has 1 atom stereocenters. The van der Waals surface area contributed by atoms with Gasteiger partial charge < -0.3 is 4.74 Å². The molecular formula is C7H14F2N2O2. The molecule has 0 aromatic rings. The lowest BCUT2D eigenvalue weighted by Gasteiger charge is -2.17. The van der Waals surface area contributed by atoms with E-state index < -0.39 is 18.4 Å². The maximum absolute atomic E-state index is 12.7. The average Bonchev–Trinajstić information content (AvgIpc) is 2.12. The molecule has 78 valence electrons. The topological polar surface area (TPSA) is 64.3 Å². The zero-order chi connectivity index (χ0) is 10.5. The van der Waals surface area contributed by atoms with Gasteiger partial charge in [-0.15, -0.1) is 0 Å². The summed E-state index contributed by atoms with van der Waals surface area (Å²) in [5.41, 5.74) is 1.38. The van der Waals surface area contributed by atoms with Crippen LogP contribution in [0, 0.1) is 0 Å². The molecule has 0 aromatic heterocycles. The van der Waals surface area contributed by atoms with Crippen LogP contribution >= 0.6 is 0 Å². The summed E-state index contributed by atoms with van der Waals surface area (Å²) in [4.78, 5) is 10.5. The lowest BCUT2D eigenvalue weighted by atomic mass is 10.3. The first-order valence-corrected chi connectivity index (χ1v) is 3.94. The zero-order valence-corrected chi connectivity index (χ0v) is 7.64. The highest BCUT2D eigenvalue weighted by atomic mass is 19.3. The van der Waals surface area contributed by atoms with Gasteiger partial charge in [0.05, 0.1) is 6.10 Å². The number of nitrogens with one attached hydrogen (secondary N) is 1. The van der Waals surface area contributed by atoms with Gasteiger partial charge in [-0.3, -0.25) is 10.2 Å². The first-order chi connectivity index (χ1) is 5.94. The van der Waals surface area contributed by atoms with E-state index in [4.69, 9.17) is 4.74 Å². The van der Waals surface area contributed by atoms with Gasteiger partial charge >= 0.3 is 11.8 Å². The molecule has 1 amide bonds. The van der Waals surface area contributed by atoms with Crippen LogP contribution in [-0.4, -0.2) is 24.5 Å². The Morgan fingerprint density at radius 3 is 2.62 bits per heavy atom. The molecule has 0 saturated carbocycles. The zero-order valence-electron chi connectivity index (χ0n) is 7.64. The predicted octanol–water partition coefficient (Wildman–Crippen LogP) is 0.427. The molecule has 6 heteroatoms. The fourth-order valence-electron chi connectivity index (χ4n) is 0.536. The SMILES string of the molecule is CCC(C)OCC(F)(F)C(=O)NN. The highest BCUT2D eigenvalue weighted by Crippen LogP contribution is 2.14. The van der Waals surface area contributed by atoms with Crippen molar-refractivity contribution in [3.8, 4) is 0 Å². The van der Waals surface area contributed by atoms with Crippen molar-refractivity contribution in [3.05, 3.63) is 0 Å². The highest BCUT2D eigenvalue weighted by Gasteiger charge is 2.39. The van der Waals surface area contributed by atoms with Crippen LogP contribution in [0.1, 0.15) is 20.3 Å². The van der Waals surface area contributed by atoms with E-state index in [2.05, 4.69) is 5.84 Å². The molecule has 0 saturated heterocycles. The second kappa shape index (κ2) is 5.08. The average molecular weight is 196 g/mol. The second-order valence-corrected chi connectivity index (χ2v) is 2.71. The van der Waals surface area contributed by atoms with Crippen molar-refractivity contribution in [2.45, 2.75) is 32.3 Å². The van der Waals surface area contributed by atoms with Crippen molar-refractivity contribution in [2.24, 2.45) is 5.84 Å². The summed E-state index contributed by atoms with van der Waals surface area (Å²) in [6.45, 7) is 2.51. The van der Waals surface area contributed by atoms with Crippen LogP contribution in [0.4, 0.5) is 8.78 Å². The number of ether oxygens (including phenoxy) is 1. The molecular weight excluding hydrogens is 182 g/mol. The number of hydrogen-bond donors (Lipinski definition) is 2. The third-order valence-corrected chi connectivity index (χ3v) is 1.59. The Kier molecular flexibility index (Phi) is 4.79. The number of carbonyl (C=O) groups is 1. The number of hydrazine groups is 1. The number of halogens is 2. The Morgan fingerprint density at radius 2 is 2.23 bits per heavy atom. The van der Waals surface area contributed by atoms with E-state index in [9.17, 15) is 13.6 Å². The van der Waals surface area contributed by atoms with Crippen LogP contribution in [0.5, 0.6) is 0 Å². The van der Waals surface area contributed by atoms with Crippen molar-refractivity contribution < 1.29 is 18.3 Å². The molecule has 0 rings (SSSR count). The molecule has 4 nitrogen and oxygen atoms in total.